The summed E-state index contributed by atoms with van der Waals surface area (Å²) in [4.78, 5) is 0. The molecule has 1 aromatic rings. The van der Waals surface area contributed by atoms with E-state index in [0.29, 0.717) is 22.2 Å². The molecular formula is C10H13BrFNO. The van der Waals surface area contributed by atoms with E-state index in [-0.39, 0.29) is 5.82 Å². The maximum Gasteiger partial charge on any atom is 0.133 e. The van der Waals surface area contributed by atoms with Gasteiger partial charge in [-0.05, 0) is 53.6 Å². The van der Waals surface area contributed by atoms with Gasteiger partial charge in [0.05, 0.1) is 11.6 Å². The van der Waals surface area contributed by atoms with Crippen LogP contribution in [0.25, 0.3) is 0 Å². The number of methoxy groups -OCH3 is 1. The zero-order valence-electron chi connectivity index (χ0n) is 8.23. The average Bonchev–Trinajstić information content (AvgIpc) is 2.17. The molecule has 0 heterocycles. The van der Waals surface area contributed by atoms with Gasteiger partial charge in [-0.25, -0.2) is 4.39 Å². The fourth-order valence-corrected chi connectivity index (χ4v) is 1.66. The Labute approximate surface area is 91.6 Å². The highest BCUT2D eigenvalue weighted by atomic mass is 79.9. The quantitative estimate of drug-likeness (QED) is 0.899. The second-order valence-corrected chi connectivity index (χ2v) is 3.79. The first-order valence-corrected chi connectivity index (χ1v) is 5.15. The average molecular weight is 262 g/mol. The molecule has 0 aromatic heterocycles. The Morgan fingerprint density at radius 2 is 2.21 bits per heavy atom. The standard InChI is InChI=1S/C10H13BrFNO/c1-13-4-3-7-5-10(14-2)8(11)6-9(7)12/h5-6,13H,3-4H2,1-2H3. The third-order valence-corrected chi connectivity index (χ3v) is 2.58. The SMILES string of the molecule is CNCCc1cc(OC)c(Br)cc1F. The van der Waals surface area contributed by atoms with Crippen molar-refractivity contribution in [3.05, 3.63) is 28.0 Å². The fraction of sp³-hybridized carbons (Fsp3) is 0.400. The van der Waals surface area contributed by atoms with Crippen LogP contribution in [0.15, 0.2) is 16.6 Å². The lowest BCUT2D eigenvalue weighted by Gasteiger charge is -2.08. The summed E-state index contributed by atoms with van der Waals surface area (Å²) in [6.45, 7) is 0.752. The van der Waals surface area contributed by atoms with E-state index in [1.165, 1.54) is 6.07 Å². The smallest absolute Gasteiger partial charge is 0.133 e. The topological polar surface area (TPSA) is 21.3 Å². The molecular weight excluding hydrogens is 249 g/mol. The van der Waals surface area contributed by atoms with E-state index in [9.17, 15) is 4.39 Å². The van der Waals surface area contributed by atoms with Gasteiger partial charge in [0, 0.05) is 0 Å². The maximum absolute atomic E-state index is 13.4. The van der Waals surface area contributed by atoms with Gasteiger partial charge in [-0.3, -0.25) is 0 Å². The molecule has 0 fully saturated rings. The van der Waals surface area contributed by atoms with Crippen molar-refractivity contribution in [2.75, 3.05) is 20.7 Å². The second-order valence-electron chi connectivity index (χ2n) is 2.93. The molecule has 0 unspecified atom stereocenters. The Morgan fingerprint density at radius 1 is 1.50 bits per heavy atom. The highest BCUT2D eigenvalue weighted by molar-refractivity contribution is 9.10. The van der Waals surface area contributed by atoms with Gasteiger partial charge in [0.25, 0.3) is 0 Å². The molecule has 0 spiro atoms. The van der Waals surface area contributed by atoms with E-state index >= 15 is 0 Å². The Kier molecular flexibility index (Phi) is 4.35. The lowest BCUT2D eigenvalue weighted by atomic mass is 10.1. The molecule has 2 nitrogen and oxygen atoms in total. The molecule has 1 rings (SSSR count). The monoisotopic (exact) mass is 261 g/mol. The van der Waals surface area contributed by atoms with E-state index in [4.69, 9.17) is 4.74 Å². The minimum absolute atomic E-state index is 0.201. The molecule has 0 bridgehead atoms. The van der Waals surface area contributed by atoms with Crippen LogP contribution in [0, 0.1) is 5.82 Å². The molecule has 78 valence electrons. The lowest BCUT2D eigenvalue weighted by molar-refractivity contribution is 0.410. The summed E-state index contributed by atoms with van der Waals surface area (Å²) in [6.07, 6.45) is 0.659. The van der Waals surface area contributed by atoms with Crippen LogP contribution in [-0.2, 0) is 6.42 Å². The van der Waals surface area contributed by atoms with Crippen LogP contribution in [-0.4, -0.2) is 20.7 Å². The van der Waals surface area contributed by atoms with Gasteiger partial charge in [0.1, 0.15) is 11.6 Å². The summed E-state index contributed by atoms with van der Waals surface area (Å²) < 4.78 is 19.1. The van der Waals surface area contributed by atoms with Crippen molar-refractivity contribution in [2.45, 2.75) is 6.42 Å². The molecule has 14 heavy (non-hydrogen) atoms. The largest absolute Gasteiger partial charge is 0.496 e. The van der Waals surface area contributed by atoms with E-state index in [2.05, 4.69) is 21.2 Å². The molecule has 0 aliphatic heterocycles. The summed E-state index contributed by atoms with van der Waals surface area (Å²) in [6, 6.07) is 3.15. The Bertz CT molecular complexity index is 317. The molecule has 1 aromatic carbocycles. The van der Waals surface area contributed by atoms with Crippen molar-refractivity contribution in [3.8, 4) is 5.75 Å². The zero-order chi connectivity index (χ0) is 10.6. The van der Waals surface area contributed by atoms with E-state index < -0.39 is 0 Å². The summed E-state index contributed by atoms with van der Waals surface area (Å²) >= 11 is 3.23. The molecule has 0 aliphatic rings. The van der Waals surface area contributed by atoms with Crippen LogP contribution in [0.4, 0.5) is 4.39 Å². The molecule has 4 heteroatoms. The van der Waals surface area contributed by atoms with Crippen molar-refractivity contribution in [3.63, 3.8) is 0 Å². The number of benzene rings is 1. The molecule has 0 atom stereocenters. The first kappa shape index (κ1) is 11.5. The third-order valence-electron chi connectivity index (χ3n) is 1.97. The predicted molar refractivity (Wildman–Crippen MR) is 58.3 cm³/mol. The number of halogens is 2. The first-order valence-electron chi connectivity index (χ1n) is 4.35. The van der Waals surface area contributed by atoms with E-state index in [1.807, 2.05) is 7.05 Å². The van der Waals surface area contributed by atoms with Gasteiger partial charge in [-0.1, -0.05) is 0 Å². The van der Waals surface area contributed by atoms with Gasteiger partial charge in [-0.15, -0.1) is 0 Å². The predicted octanol–water partition coefficient (Wildman–Crippen LogP) is 2.36. The zero-order valence-corrected chi connectivity index (χ0v) is 9.82. The molecule has 0 aliphatic carbocycles. The molecule has 0 saturated carbocycles. The number of hydrogen-bond acceptors (Lipinski definition) is 2. The van der Waals surface area contributed by atoms with Crippen molar-refractivity contribution in [2.24, 2.45) is 0 Å². The van der Waals surface area contributed by atoms with Crippen molar-refractivity contribution in [1.29, 1.82) is 0 Å². The van der Waals surface area contributed by atoms with Crippen LogP contribution in [0.5, 0.6) is 5.75 Å². The number of rotatable bonds is 4. The fourth-order valence-electron chi connectivity index (χ4n) is 1.18. The van der Waals surface area contributed by atoms with Gasteiger partial charge < -0.3 is 10.1 Å². The Balaban J connectivity index is 2.92. The van der Waals surface area contributed by atoms with Crippen LogP contribution in [0.2, 0.25) is 0 Å². The molecule has 1 N–H and O–H groups in total. The summed E-state index contributed by atoms with van der Waals surface area (Å²) in [5.74, 6) is 0.463. The third kappa shape index (κ3) is 2.69. The number of likely N-dealkylation sites (N-methyl/N-ethyl adjacent to an activating group) is 1. The Morgan fingerprint density at radius 3 is 2.79 bits per heavy atom. The second kappa shape index (κ2) is 5.32. The minimum Gasteiger partial charge on any atom is -0.496 e. The molecule has 0 amide bonds. The maximum atomic E-state index is 13.4. The number of hydrogen-bond donors (Lipinski definition) is 1. The van der Waals surface area contributed by atoms with Crippen LogP contribution < -0.4 is 10.1 Å². The molecule has 0 saturated heterocycles. The summed E-state index contributed by atoms with van der Waals surface area (Å²) in [5, 5.41) is 2.98. The number of nitrogens with one attached hydrogen (secondary N) is 1. The van der Waals surface area contributed by atoms with Gasteiger partial charge in [0.15, 0.2) is 0 Å². The van der Waals surface area contributed by atoms with Crippen molar-refractivity contribution < 1.29 is 9.13 Å². The highest BCUT2D eigenvalue weighted by Gasteiger charge is 2.07. The van der Waals surface area contributed by atoms with Gasteiger partial charge in [0.2, 0.25) is 0 Å². The van der Waals surface area contributed by atoms with Crippen LogP contribution >= 0.6 is 15.9 Å². The number of ether oxygens (including phenoxy) is 1. The van der Waals surface area contributed by atoms with Crippen LogP contribution in [0.1, 0.15) is 5.56 Å². The van der Waals surface area contributed by atoms with Gasteiger partial charge >= 0.3 is 0 Å². The van der Waals surface area contributed by atoms with Crippen molar-refractivity contribution >= 4 is 15.9 Å². The Hall–Kier alpha value is -0.610. The van der Waals surface area contributed by atoms with Crippen molar-refractivity contribution in [1.82, 2.24) is 5.32 Å². The minimum atomic E-state index is -0.201. The summed E-state index contributed by atoms with van der Waals surface area (Å²) in [7, 11) is 3.41. The highest BCUT2D eigenvalue weighted by Crippen LogP contribution is 2.27. The van der Waals surface area contributed by atoms with E-state index in [1.54, 1.807) is 13.2 Å². The van der Waals surface area contributed by atoms with E-state index in [0.717, 1.165) is 6.54 Å². The summed E-state index contributed by atoms with van der Waals surface area (Å²) in [5.41, 5.74) is 0.666. The van der Waals surface area contributed by atoms with Crippen LogP contribution in [0.3, 0.4) is 0 Å². The lowest BCUT2D eigenvalue weighted by Crippen LogP contribution is -2.11. The van der Waals surface area contributed by atoms with Gasteiger partial charge in [-0.2, -0.15) is 0 Å². The first-order chi connectivity index (χ1) is 6.69. The molecule has 0 radical (unpaired) electrons. The normalized spacial score (nSPS) is 10.3.